The van der Waals surface area contributed by atoms with E-state index in [1.54, 1.807) is 28.8 Å². The van der Waals surface area contributed by atoms with Crippen LogP contribution in [0.4, 0.5) is 0 Å². The van der Waals surface area contributed by atoms with Gasteiger partial charge in [-0.1, -0.05) is 31.5 Å². The fourth-order valence-corrected chi connectivity index (χ4v) is 3.14. The predicted octanol–water partition coefficient (Wildman–Crippen LogP) is 2.55. The number of carbonyl (C=O) groups excluding carboxylic acids is 2. The van der Waals surface area contributed by atoms with Crippen molar-refractivity contribution >= 4 is 23.6 Å². The summed E-state index contributed by atoms with van der Waals surface area (Å²) in [5.74, 6) is 0.769. The van der Waals surface area contributed by atoms with Crippen LogP contribution in [0, 0.1) is 0 Å². The summed E-state index contributed by atoms with van der Waals surface area (Å²) in [6.45, 7) is 2.48. The number of ether oxygens (including phenoxy) is 1. The van der Waals surface area contributed by atoms with Crippen molar-refractivity contribution in [2.45, 2.75) is 25.8 Å². The summed E-state index contributed by atoms with van der Waals surface area (Å²) in [6, 6.07) is 8.60. The van der Waals surface area contributed by atoms with Gasteiger partial charge in [0.25, 0.3) is 5.91 Å². The number of rotatable bonds is 5. The van der Waals surface area contributed by atoms with Gasteiger partial charge < -0.3 is 9.64 Å². The summed E-state index contributed by atoms with van der Waals surface area (Å²) >= 11 is 1.59. The maximum atomic E-state index is 12.4. The van der Waals surface area contributed by atoms with E-state index in [1.807, 2.05) is 25.1 Å². The molecule has 0 N–H and O–H groups in total. The molecule has 1 atom stereocenters. The highest BCUT2D eigenvalue weighted by atomic mass is 32.2. The minimum Gasteiger partial charge on any atom is -0.464 e. The van der Waals surface area contributed by atoms with Crippen molar-refractivity contribution in [3.63, 3.8) is 0 Å². The van der Waals surface area contributed by atoms with E-state index in [0.717, 1.165) is 12.8 Å². The van der Waals surface area contributed by atoms with Crippen LogP contribution in [0.1, 0.15) is 30.1 Å². The van der Waals surface area contributed by atoms with Crippen LogP contribution >= 0.6 is 11.8 Å². The smallest absolute Gasteiger partial charge is 0.329 e. The van der Waals surface area contributed by atoms with Gasteiger partial charge in [-0.3, -0.25) is 4.79 Å². The van der Waals surface area contributed by atoms with Gasteiger partial charge in [0.05, 0.1) is 12.5 Å². The summed E-state index contributed by atoms with van der Waals surface area (Å²) in [7, 11) is 0. The van der Waals surface area contributed by atoms with Crippen LogP contribution in [0.2, 0.25) is 0 Å². The van der Waals surface area contributed by atoms with E-state index in [4.69, 9.17) is 4.74 Å². The Morgan fingerprint density at radius 3 is 2.80 bits per heavy atom. The van der Waals surface area contributed by atoms with E-state index in [2.05, 4.69) is 0 Å². The molecule has 0 saturated carbocycles. The average molecular weight is 293 g/mol. The monoisotopic (exact) mass is 293 g/mol. The number of carbonyl (C=O) groups is 2. The Bertz CT molecular complexity index is 463. The zero-order valence-corrected chi connectivity index (χ0v) is 12.4. The molecule has 1 fully saturated rings. The lowest BCUT2D eigenvalue weighted by atomic mass is 10.2. The normalized spacial score (nSPS) is 18.1. The summed E-state index contributed by atoms with van der Waals surface area (Å²) in [5.41, 5.74) is 0.612. The van der Waals surface area contributed by atoms with Crippen LogP contribution in [0.25, 0.3) is 0 Å². The van der Waals surface area contributed by atoms with E-state index in [9.17, 15) is 9.59 Å². The first-order valence-electron chi connectivity index (χ1n) is 6.84. The molecular formula is C15H19NO3S. The maximum Gasteiger partial charge on any atom is 0.329 e. The molecule has 20 heavy (non-hydrogen) atoms. The number of benzene rings is 1. The number of hydrogen-bond donors (Lipinski definition) is 0. The molecular weight excluding hydrogens is 274 g/mol. The van der Waals surface area contributed by atoms with E-state index in [0.29, 0.717) is 23.8 Å². The quantitative estimate of drug-likeness (QED) is 0.618. The van der Waals surface area contributed by atoms with Gasteiger partial charge in [-0.25, -0.2) is 4.79 Å². The Morgan fingerprint density at radius 1 is 1.35 bits per heavy atom. The number of hydrogen-bond acceptors (Lipinski definition) is 4. The second kappa shape index (κ2) is 7.33. The van der Waals surface area contributed by atoms with E-state index in [1.165, 1.54) is 0 Å². The van der Waals surface area contributed by atoms with Crippen molar-refractivity contribution in [2.75, 3.05) is 18.2 Å². The molecule has 1 aromatic rings. The lowest BCUT2D eigenvalue weighted by Crippen LogP contribution is -2.42. The Labute approximate surface area is 123 Å². The number of esters is 1. The summed E-state index contributed by atoms with van der Waals surface area (Å²) < 4.78 is 5.24. The van der Waals surface area contributed by atoms with Crippen LogP contribution in [-0.2, 0) is 9.53 Å². The minimum atomic E-state index is -0.454. The van der Waals surface area contributed by atoms with Gasteiger partial charge >= 0.3 is 5.97 Å². The standard InChI is InChI=1S/C15H19NO3S/c1-2-3-9-19-15(18)13-10-20-11-16(13)14(17)12-7-5-4-6-8-12/h4-8,13H,2-3,9-11H2,1H3/t13-/m0/s1. The van der Waals surface area contributed by atoms with Crippen LogP contribution < -0.4 is 0 Å². The first kappa shape index (κ1) is 14.9. The lowest BCUT2D eigenvalue weighted by Gasteiger charge is -2.22. The summed E-state index contributed by atoms with van der Waals surface area (Å²) in [6.07, 6.45) is 1.84. The molecule has 1 aromatic carbocycles. The number of thioether (sulfide) groups is 1. The lowest BCUT2D eigenvalue weighted by molar-refractivity contribution is -0.147. The van der Waals surface area contributed by atoms with Gasteiger partial charge in [0, 0.05) is 11.3 Å². The molecule has 1 aliphatic rings. The molecule has 1 saturated heterocycles. The van der Waals surface area contributed by atoms with Crippen molar-refractivity contribution in [3.8, 4) is 0 Å². The van der Waals surface area contributed by atoms with Crippen LogP contribution in [0.5, 0.6) is 0 Å². The molecule has 0 unspecified atom stereocenters. The van der Waals surface area contributed by atoms with E-state index in [-0.39, 0.29) is 11.9 Å². The highest BCUT2D eigenvalue weighted by Crippen LogP contribution is 2.24. The fourth-order valence-electron chi connectivity index (χ4n) is 2.00. The molecule has 0 radical (unpaired) electrons. The van der Waals surface area contributed by atoms with Gasteiger partial charge in [0.15, 0.2) is 0 Å². The van der Waals surface area contributed by atoms with E-state index >= 15 is 0 Å². The molecule has 1 amide bonds. The highest BCUT2D eigenvalue weighted by molar-refractivity contribution is 7.99. The molecule has 0 aliphatic carbocycles. The Balaban J connectivity index is 2.00. The molecule has 0 bridgehead atoms. The van der Waals surface area contributed by atoms with Crippen molar-refractivity contribution in [1.29, 1.82) is 0 Å². The van der Waals surface area contributed by atoms with Gasteiger partial charge in [0.2, 0.25) is 0 Å². The maximum absolute atomic E-state index is 12.4. The molecule has 5 heteroatoms. The van der Waals surface area contributed by atoms with Crippen LogP contribution in [-0.4, -0.2) is 41.1 Å². The first-order valence-corrected chi connectivity index (χ1v) is 8.00. The first-order chi connectivity index (χ1) is 9.74. The third kappa shape index (κ3) is 3.54. The average Bonchev–Trinajstić information content (AvgIpc) is 2.97. The van der Waals surface area contributed by atoms with Crippen LogP contribution in [0.3, 0.4) is 0 Å². The SMILES string of the molecule is CCCCOC(=O)[C@@H]1CSCN1C(=O)c1ccccc1. The van der Waals surface area contributed by atoms with Crippen LogP contribution in [0.15, 0.2) is 30.3 Å². The Hall–Kier alpha value is -1.49. The van der Waals surface area contributed by atoms with Crippen molar-refractivity contribution in [2.24, 2.45) is 0 Å². The van der Waals surface area contributed by atoms with Crippen molar-refractivity contribution in [1.82, 2.24) is 4.90 Å². The second-order valence-electron chi connectivity index (χ2n) is 4.68. The zero-order valence-electron chi connectivity index (χ0n) is 11.6. The number of amides is 1. The topological polar surface area (TPSA) is 46.6 Å². The van der Waals surface area contributed by atoms with Gasteiger partial charge in [-0.2, -0.15) is 0 Å². The summed E-state index contributed by atoms with van der Waals surface area (Å²) in [4.78, 5) is 26.0. The van der Waals surface area contributed by atoms with Crippen molar-refractivity contribution < 1.29 is 14.3 Å². The minimum absolute atomic E-state index is 0.104. The number of unbranched alkanes of at least 4 members (excludes halogenated alkanes) is 1. The molecule has 2 rings (SSSR count). The van der Waals surface area contributed by atoms with Gasteiger partial charge in [-0.15, -0.1) is 11.8 Å². The Morgan fingerprint density at radius 2 is 2.10 bits per heavy atom. The largest absolute Gasteiger partial charge is 0.464 e. The highest BCUT2D eigenvalue weighted by Gasteiger charge is 2.36. The van der Waals surface area contributed by atoms with Gasteiger partial charge in [-0.05, 0) is 18.6 Å². The van der Waals surface area contributed by atoms with E-state index < -0.39 is 6.04 Å². The second-order valence-corrected chi connectivity index (χ2v) is 5.68. The summed E-state index contributed by atoms with van der Waals surface area (Å²) in [5, 5.41) is 0. The molecule has 108 valence electrons. The molecule has 1 aliphatic heterocycles. The predicted molar refractivity (Wildman–Crippen MR) is 79.6 cm³/mol. The third-order valence-corrected chi connectivity index (χ3v) is 4.19. The zero-order chi connectivity index (χ0) is 14.4. The Kier molecular flexibility index (Phi) is 5.47. The van der Waals surface area contributed by atoms with Crippen molar-refractivity contribution in [3.05, 3.63) is 35.9 Å². The van der Waals surface area contributed by atoms with Gasteiger partial charge in [0.1, 0.15) is 6.04 Å². The third-order valence-electron chi connectivity index (χ3n) is 3.18. The fraction of sp³-hybridized carbons (Fsp3) is 0.467. The molecule has 0 aromatic heterocycles. The molecule has 1 heterocycles. The number of nitrogens with zero attached hydrogens (tertiary/aromatic N) is 1. The molecule has 4 nitrogen and oxygen atoms in total. The molecule has 0 spiro atoms.